The van der Waals surface area contributed by atoms with E-state index in [1.807, 2.05) is 0 Å². The van der Waals surface area contributed by atoms with E-state index in [-0.39, 0.29) is 36.2 Å². The van der Waals surface area contributed by atoms with Crippen LogP contribution in [-0.2, 0) is 19.1 Å². The van der Waals surface area contributed by atoms with Gasteiger partial charge in [-0.3, -0.25) is 0 Å². The Labute approximate surface area is 186 Å². The maximum absolute atomic E-state index is 12.5. The second-order valence-electron chi connectivity index (χ2n) is 6.26. The van der Waals surface area contributed by atoms with Gasteiger partial charge in [-0.2, -0.15) is 0 Å². The van der Waals surface area contributed by atoms with E-state index in [0.717, 1.165) is 0 Å². The molecule has 0 aliphatic heterocycles. The first-order valence-corrected chi connectivity index (χ1v) is 9.88. The third-order valence-electron chi connectivity index (χ3n) is 4.08. The highest BCUT2D eigenvalue weighted by Gasteiger charge is 2.17. The molecule has 170 valence electrons. The van der Waals surface area contributed by atoms with Gasteiger partial charge < -0.3 is 28.8 Å². The summed E-state index contributed by atoms with van der Waals surface area (Å²) in [6, 6.07) is 9.55. The number of phenols is 1. The Morgan fingerprint density at radius 2 is 1.53 bits per heavy atom. The van der Waals surface area contributed by atoms with Crippen LogP contribution in [-0.4, -0.2) is 44.5 Å². The van der Waals surface area contributed by atoms with Crippen LogP contribution in [0.4, 0.5) is 0 Å². The second kappa shape index (κ2) is 12.0. The molecule has 0 aromatic heterocycles. The minimum Gasteiger partial charge on any atom is -0.504 e. The molecule has 0 unspecified atom stereocenters. The van der Waals surface area contributed by atoms with Crippen molar-refractivity contribution in [2.75, 3.05) is 27.4 Å². The lowest BCUT2D eigenvalue weighted by Crippen LogP contribution is -2.13. The van der Waals surface area contributed by atoms with Gasteiger partial charge in [0.1, 0.15) is 0 Å². The van der Waals surface area contributed by atoms with E-state index in [0.29, 0.717) is 16.9 Å². The molecule has 8 heteroatoms. The van der Waals surface area contributed by atoms with Crippen molar-refractivity contribution in [3.63, 3.8) is 0 Å². The second-order valence-corrected chi connectivity index (χ2v) is 6.26. The van der Waals surface area contributed by atoms with Gasteiger partial charge in [0.05, 0.1) is 27.4 Å². The van der Waals surface area contributed by atoms with E-state index in [2.05, 4.69) is 0 Å². The Kier molecular flexibility index (Phi) is 9.16. The number of carbonyl (C=O) groups is 2. The lowest BCUT2D eigenvalue weighted by Gasteiger charge is -2.13. The summed E-state index contributed by atoms with van der Waals surface area (Å²) < 4.78 is 26.3. The number of hydrogen-bond acceptors (Lipinski definition) is 8. The molecule has 2 aromatic carbocycles. The van der Waals surface area contributed by atoms with Crippen LogP contribution in [0.2, 0.25) is 0 Å². The minimum atomic E-state index is -0.673. The molecule has 0 saturated carbocycles. The van der Waals surface area contributed by atoms with Crippen LogP contribution in [0.1, 0.15) is 25.0 Å². The maximum atomic E-state index is 12.5. The number of hydrogen-bond donors (Lipinski definition) is 1. The van der Waals surface area contributed by atoms with Gasteiger partial charge in [0.25, 0.3) is 0 Å². The van der Waals surface area contributed by atoms with E-state index >= 15 is 0 Å². The van der Waals surface area contributed by atoms with Crippen LogP contribution < -0.4 is 14.2 Å². The summed E-state index contributed by atoms with van der Waals surface area (Å²) in [5, 5.41) is 9.78. The number of methoxy groups -OCH3 is 2. The molecule has 0 saturated heterocycles. The van der Waals surface area contributed by atoms with Gasteiger partial charge in [-0.1, -0.05) is 12.1 Å². The molecule has 0 amide bonds. The third kappa shape index (κ3) is 6.80. The van der Waals surface area contributed by atoms with E-state index in [9.17, 15) is 14.7 Å². The molecule has 0 bridgehead atoms. The molecule has 8 nitrogen and oxygen atoms in total. The van der Waals surface area contributed by atoms with Gasteiger partial charge in [-0.25, -0.2) is 9.59 Å². The molecule has 0 heterocycles. The SMILES string of the molecule is CCOC(=O)/C=C/c1ccc(O/C(=C\c2ccc(O)c(OC)c2)C(=O)OCC)c(OC)c1. The molecule has 0 atom stereocenters. The number of esters is 2. The zero-order valence-electron chi connectivity index (χ0n) is 18.4. The smallest absolute Gasteiger partial charge is 0.374 e. The van der Waals surface area contributed by atoms with Crippen molar-refractivity contribution >= 4 is 24.1 Å². The van der Waals surface area contributed by atoms with Crippen molar-refractivity contribution in [2.24, 2.45) is 0 Å². The van der Waals surface area contributed by atoms with Crippen LogP contribution in [0.3, 0.4) is 0 Å². The number of phenolic OH excluding ortho intramolecular Hbond substituents is 1. The highest BCUT2D eigenvalue weighted by molar-refractivity contribution is 5.92. The predicted octanol–water partition coefficient (Wildman–Crippen LogP) is 3.97. The van der Waals surface area contributed by atoms with E-state index < -0.39 is 11.9 Å². The predicted molar refractivity (Wildman–Crippen MR) is 119 cm³/mol. The lowest BCUT2D eigenvalue weighted by molar-refractivity contribution is -0.141. The van der Waals surface area contributed by atoms with Gasteiger partial charge in [0.2, 0.25) is 5.76 Å². The Bertz CT molecular complexity index is 1010. The first-order chi connectivity index (χ1) is 15.4. The highest BCUT2D eigenvalue weighted by atomic mass is 16.6. The Morgan fingerprint density at radius 3 is 2.19 bits per heavy atom. The Hall–Kier alpha value is -3.94. The number of aromatic hydroxyl groups is 1. The number of benzene rings is 2. The zero-order chi connectivity index (χ0) is 23.5. The van der Waals surface area contributed by atoms with E-state index in [1.165, 1.54) is 32.4 Å². The summed E-state index contributed by atoms with van der Waals surface area (Å²) >= 11 is 0. The molecule has 0 radical (unpaired) electrons. The van der Waals surface area contributed by atoms with Crippen molar-refractivity contribution in [2.45, 2.75) is 13.8 Å². The molecular weight excluding hydrogens is 416 g/mol. The Morgan fingerprint density at radius 1 is 0.875 bits per heavy atom. The normalized spacial score (nSPS) is 11.2. The van der Waals surface area contributed by atoms with Crippen molar-refractivity contribution in [1.29, 1.82) is 0 Å². The number of carbonyl (C=O) groups excluding carboxylic acids is 2. The first-order valence-electron chi connectivity index (χ1n) is 9.88. The monoisotopic (exact) mass is 442 g/mol. The van der Waals surface area contributed by atoms with Gasteiger partial charge in [-0.15, -0.1) is 0 Å². The van der Waals surface area contributed by atoms with Crippen molar-refractivity contribution in [1.82, 2.24) is 0 Å². The van der Waals surface area contributed by atoms with Crippen LogP contribution in [0.25, 0.3) is 12.2 Å². The summed E-state index contributed by atoms with van der Waals surface area (Å²) in [6.07, 6.45) is 4.35. The van der Waals surface area contributed by atoms with Gasteiger partial charge >= 0.3 is 11.9 Å². The molecule has 0 spiro atoms. The summed E-state index contributed by atoms with van der Waals surface area (Å²) in [4.78, 5) is 24.0. The molecule has 0 aliphatic rings. The molecule has 32 heavy (non-hydrogen) atoms. The first kappa shape index (κ1) is 24.3. The topological polar surface area (TPSA) is 101 Å². The molecule has 1 N–H and O–H groups in total. The number of ether oxygens (including phenoxy) is 5. The highest BCUT2D eigenvalue weighted by Crippen LogP contribution is 2.32. The van der Waals surface area contributed by atoms with Crippen molar-refractivity contribution in [3.8, 4) is 23.0 Å². The summed E-state index contributed by atoms with van der Waals surface area (Å²) in [5.74, 6) is -0.391. The van der Waals surface area contributed by atoms with Crippen molar-refractivity contribution in [3.05, 3.63) is 59.4 Å². The van der Waals surface area contributed by atoms with Crippen LogP contribution in [0, 0.1) is 0 Å². The fourth-order valence-corrected chi connectivity index (χ4v) is 2.61. The summed E-state index contributed by atoms with van der Waals surface area (Å²) in [6.45, 7) is 3.86. The molecule has 2 aromatic rings. The van der Waals surface area contributed by atoms with Gasteiger partial charge in [0.15, 0.2) is 23.0 Å². The lowest BCUT2D eigenvalue weighted by atomic mass is 10.1. The van der Waals surface area contributed by atoms with Crippen molar-refractivity contribution < 1.29 is 38.4 Å². The van der Waals surface area contributed by atoms with E-state index in [1.54, 1.807) is 50.3 Å². The largest absolute Gasteiger partial charge is 0.504 e. The van der Waals surface area contributed by atoms with Crippen LogP contribution >= 0.6 is 0 Å². The summed E-state index contributed by atoms with van der Waals surface area (Å²) in [5.41, 5.74) is 1.22. The fraction of sp³-hybridized carbons (Fsp3) is 0.250. The van der Waals surface area contributed by atoms with Gasteiger partial charge in [0, 0.05) is 6.08 Å². The average molecular weight is 442 g/mol. The minimum absolute atomic E-state index is 0.0311. The standard InChI is InChI=1S/C24H26O8/c1-5-30-23(26)12-9-16-8-11-19(21(13-16)29-4)32-22(24(27)31-6-2)15-17-7-10-18(25)20(14-17)28-3/h7-15,25H,5-6H2,1-4H3/b12-9+,22-15-. The van der Waals surface area contributed by atoms with Crippen LogP contribution in [0.15, 0.2) is 48.2 Å². The molecule has 2 rings (SSSR count). The molecule has 0 fully saturated rings. The maximum Gasteiger partial charge on any atom is 0.374 e. The van der Waals surface area contributed by atoms with E-state index in [4.69, 9.17) is 23.7 Å². The average Bonchev–Trinajstić information content (AvgIpc) is 2.79. The van der Waals surface area contributed by atoms with Crippen LogP contribution in [0.5, 0.6) is 23.0 Å². The zero-order valence-corrected chi connectivity index (χ0v) is 18.4. The summed E-state index contributed by atoms with van der Waals surface area (Å²) in [7, 11) is 2.88. The third-order valence-corrected chi connectivity index (χ3v) is 4.08. The quantitative estimate of drug-likeness (QED) is 0.335. The molecule has 0 aliphatic carbocycles. The van der Waals surface area contributed by atoms with Gasteiger partial charge in [-0.05, 0) is 61.4 Å². The molecular formula is C24H26O8. The Balaban J connectivity index is 2.36. The number of rotatable bonds is 10. The fourth-order valence-electron chi connectivity index (χ4n) is 2.61.